The highest BCUT2D eigenvalue weighted by Crippen LogP contribution is 2.43. The minimum atomic E-state index is -0.284. The number of ether oxygens (including phenoxy) is 1. The SMILES string of the molecule is CCCCCCCCc1ccccc1NC(=O)c1cc(-c2cc(Cl)cc(Cl)c2)c(OCCO)c(-c2cc(Cl)cc(Cl)c2)c1. The van der Waals surface area contributed by atoms with E-state index in [1.807, 2.05) is 18.2 Å². The Hall–Kier alpha value is -2.73. The molecule has 0 spiro atoms. The van der Waals surface area contributed by atoms with Gasteiger partial charge in [-0.3, -0.25) is 4.79 Å². The van der Waals surface area contributed by atoms with E-state index in [2.05, 4.69) is 18.3 Å². The molecule has 2 N–H and O–H groups in total. The van der Waals surface area contributed by atoms with Crippen molar-refractivity contribution in [2.75, 3.05) is 18.5 Å². The van der Waals surface area contributed by atoms with Gasteiger partial charge >= 0.3 is 0 Å². The second-order valence-corrected chi connectivity index (χ2v) is 12.2. The topological polar surface area (TPSA) is 58.6 Å². The molecular weight excluding hydrogens is 624 g/mol. The molecule has 43 heavy (non-hydrogen) atoms. The van der Waals surface area contributed by atoms with E-state index in [4.69, 9.17) is 51.1 Å². The van der Waals surface area contributed by atoms with Crippen LogP contribution in [0.5, 0.6) is 5.75 Å². The van der Waals surface area contributed by atoms with Gasteiger partial charge < -0.3 is 15.2 Å². The van der Waals surface area contributed by atoms with Crippen LogP contribution in [-0.4, -0.2) is 24.2 Å². The van der Waals surface area contributed by atoms with Gasteiger partial charge in [-0.1, -0.05) is 104 Å². The summed E-state index contributed by atoms with van der Waals surface area (Å²) in [4.78, 5) is 13.9. The van der Waals surface area contributed by atoms with Crippen molar-refractivity contribution in [2.45, 2.75) is 51.9 Å². The third kappa shape index (κ3) is 9.38. The van der Waals surface area contributed by atoms with Crippen molar-refractivity contribution in [1.29, 1.82) is 0 Å². The number of carbonyl (C=O) groups excluding carboxylic acids is 1. The van der Waals surface area contributed by atoms with Crippen LogP contribution in [0, 0.1) is 0 Å². The van der Waals surface area contributed by atoms with Crippen LogP contribution < -0.4 is 10.1 Å². The Labute approximate surface area is 273 Å². The molecule has 4 rings (SSSR count). The summed E-state index contributed by atoms with van der Waals surface area (Å²) in [5.41, 5.74) is 4.73. The summed E-state index contributed by atoms with van der Waals surface area (Å²) in [7, 11) is 0. The second kappa shape index (κ2) is 16.4. The fourth-order valence-corrected chi connectivity index (χ4v) is 6.11. The molecule has 0 bridgehead atoms. The number of aliphatic hydroxyl groups is 1. The molecule has 0 heterocycles. The summed E-state index contributed by atoms with van der Waals surface area (Å²) >= 11 is 25.5. The van der Waals surface area contributed by atoms with Crippen LogP contribution in [-0.2, 0) is 6.42 Å². The molecule has 8 heteroatoms. The van der Waals surface area contributed by atoms with Crippen LogP contribution in [0.15, 0.2) is 72.8 Å². The Morgan fingerprint density at radius 1 is 0.744 bits per heavy atom. The van der Waals surface area contributed by atoms with E-state index >= 15 is 0 Å². The Kier molecular flexibility index (Phi) is 12.6. The number of rotatable bonds is 14. The molecule has 0 saturated heterocycles. The van der Waals surface area contributed by atoms with Crippen LogP contribution >= 0.6 is 46.4 Å². The quantitative estimate of drug-likeness (QED) is 0.133. The zero-order valence-corrected chi connectivity index (χ0v) is 27.1. The summed E-state index contributed by atoms with van der Waals surface area (Å²) in [5.74, 6) is 0.151. The minimum absolute atomic E-state index is 0.0277. The first-order chi connectivity index (χ1) is 20.8. The zero-order valence-electron chi connectivity index (χ0n) is 24.1. The number of para-hydroxylation sites is 1. The normalized spacial score (nSPS) is 11.0. The first kappa shape index (κ1) is 33.2. The summed E-state index contributed by atoms with van der Waals surface area (Å²) in [6.07, 6.45) is 8.08. The highest BCUT2D eigenvalue weighted by molar-refractivity contribution is 6.35. The van der Waals surface area contributed by atoms with Gasteiger partial charge in [0, 0.05) is 42.5 Å². The highest BCUT2D eigenvalue weighted by Gasteiger charge is 2.21. The fraction of sp³-hybridized carbons (Fsp3) is 0.286. The van der Waals surface area contributed by atoms with E-state index in [1.54, 1.807) is 48.5 Å². The first-order valence-electron chi connectivity index (χ1n) is 14.5. The predicted octanol–water partition coefficient (Wildman–Crippen LogP) is 11.2. The lowest BCUT2D eigenvalue weighted by Gasteiger charge is -2.19. The number of hydrogen-bond donors (Lipinski definition) is 2. The fourth-order valence-electron chi connectivity index (χ4n) is 5.06. The predicted molar refractivity (Wildman–Crippen MR) is 181 cm³/mol. The van der Waals surface area contributed by atoms with Gasteiger partial charge in [0.2, 0.25) is 0 Å². The Morgan fingerprint density at radius 3 is 1.84 bits per heavy atom. The van der Waals surface area contributed by atoms with Crippen LogP contribution in [0.3, 0.4) is 0 Å². The molecule has 0 aliphatic heterocycles. The zero-order chi connectivity index (χ0) is 30.8. The molecule has 0 saturated carbocycles. The van der Waals surface area contributed by atoms with E-state index < -0.39 is 0 Å². The molecule has 0 radical (unpaired) electrons. The molecule has 0 aliphatic rings. The van der Waals surface area contributed by atoms with Crippen molar-refractivity contribution in [3.63, 3.8) is 0 Å². The van der Waals surface area contributed by atoms with Crippen LogP contribution in [0.4, 0.5) is 5.69 Å². The minimum Gasteiger partial charge on any atom is -0.490 e. The maximum Gasteiger partial charge on any atom is 0.255 e. The number of nitrogens with one attached hydrogen (secondary N) is 1. The molecule has 226 valence electrons. The van der Waals surface area contributed by atoms with Crippen molar-refractivity contribution >= 4 is 58.0 Å². The molecule has 4 aromatic rings. The largest absolute Gasteiger partial charge is 0.490 e. The Balaban J connectivity index is 1.76. The van der Waals surface area contributed by atoms with E-state index in [-0.39, 0.29) is 19.1 Å². The number of aryl methyl sites for hydroxylation is 1. The Morgan fingerprint density at radius 2 is 1.28 bits per heavy atom. The third-order valence-corrected chi connectivity index (χ3v) is 7.97. The van der Waals surface area contributed by atoms with Gasteiger partial charge in [-0.25, -0.2) is 0 Å². The van der Waals surface area contributed by atoms with Gasteiger partial charge in [-0.05, 0) is 84.1 Å². The number of unbranched alkanes of at least 4 members (excludes halogenated alkanes) is 5. The van der Waals surface area contributed by atoms with Gasteiger partial charge in [0.05, 0.1) is 6.61 Å². The molecule has 0 unspecified atom stereocenters. The van der Waals surface area contributed by atoms with Crippen molar-refractivity contribution in [2.24, 2.45) is 0 Å². The third-order valence-electron chi connectivity index (χ3n) is 7.10. The van der Waals surface area contributed by atoms with E-state index in [0.29, 0.717) is 53.7 Å². The number of benzene rings is 4. The molecule has 0 atom stereocenters. The lowest BCUT2D eigenvalue weighted by atomic mass is 9.94. The monoisotopic (exact) mass is 657 g/mol. The molecule has 4 nitrogen and oxygen atoms in total. The van der Waals surface area contributed by atoms with Crippen molar-refractivity contribution in [3.05, 3.63) is 104 Å². The van der Waals surface area contributed by atoms with Gasteiger partial charge in [0.1, 0.15) is 12.4 Å². The maximum atomic E-state index is 13.9. The summed E-state index contributed by atoms with van der Waals surface area (Å²) in [6.45, 7) is 2.04. The number of hydrogen-bond acceptors (Lipinski definition) is 3. The lowest BCUT2D eigenvalue weighted by Crippen LogP contribution is -2.14. The number of halogens is 4. The maximum absolute atomic E-state index is 13.9. The lowest BCUT2D eigenvalue weighted by molar-refractivity contribution is 0.102. The molecule has 1 amide bonds. The number of aliphatic hydroxyl groups excluding tert-OH is 1. The van der Waals surface area contributed by atoms with Gasteiger partial charge in [0.15, 0.2) is 0 Å². The van der Waals surface area contributed by atoms with Crippen molar-refractivity contribution < 1.29 is 14.6 Å². The average molecular weight is 659 g/mol. The molecule has 0 aromatic heterocycles. The molecule has 0 aliphatic carbocycles. The van der Waals surface area contributed by atoms with Gasteiger partial charge in [-0.2, -0.15) is 0 Å². The Bertz CT molecular complexity index is 1440. The van der Waals surface area contributed by atoms with E-state index in [1.165, 1.54) is 25.7 Å². The summed E-state index contributed by atoms with van der Waals surface area (Å²) in [5, 5.41) is 14.5. The molecular formula is C35H35Cl4NO3. The number of anilines is 1. The van der Waals surface area contributed by atoms with E-state index in [0.717, 1.165) is 30.5 Å². The number of carbonyl (C=O) groups is 1. The first-order valence-corrected chi connectivity index (χ1v) is 16.0. The standard InChI is InChI=1S/C35H35Cl4NO3/c1-2-3-4-5-6-7-10-23-11-8-9-12-33(23)40-35(42)26-19-31(24-15-27(36)21-28(37)16-24)34(43-14-13-41)32(20-26)25-17-29(38)22-30(39)18-25/h8-9,11-12,15-22,41H,2-7,10,13-14H2,1H3,(H,40,42). The van der Waals surface area contributed by atoms with Crippen molar-refractivity contribution in [1.82, 2.24) is 0 Å². The highest BCUT2D eigenvalue weighted by atomic mass is 35.5. The van der Waals surface area contributed by atoms with E-state index in [9.17, 15) is 9.90 Å². The molecule has 4 aromatic carbocycles. The van der Waals surface area contributed by atoms with Crippen molar-refractivity contribution in [3.8, 4) is 28.0 Å². The number of amides is 1. The summed E-state index contributed by atoms with van der Waals surface area (Å²) in [6, 6.07) is 21.7. The van der Waals surface area contributed by atoms with Gasteiger partial charge in [-0.15, -0.1) is 0 Å². The average Bonchev–Trinajstić information content (AvgIpc) is 2.97. The molecule has 0 fully saturated rings. The second-order valence-electron chi connectivity index (χ2n) is 10.4. The van der Waals surface area contributed by atoms with Gasteiger partial charge in [0.25, 0.3) is 5.91 Å². The summed E-state index contributed by atoms with van der Waals surface area (Å²) < 4.78 is 6.08. The smallest absolute Gasteiger partial charge is 0.255 e. The van der Waals surface area contributed by atoms with Crippen LogP contribution in [0.1, 0.15) is 61.4 Å². The van der Waals surface area contributed by atoms with Crippen LogP contribution in [0.2, 0.25) is 20.1 Å². The van der Waals surface area contributed by atoms with Crippen LogP contribution in [0.25, 0.3) is 22.3 Å².